The van der Waals surface area contributed by atoms with Crippen LogP contribution in [0.3, 0.4) is 0 Å². The van der Waals surface area contributed by atoms with Crippen molar-refractivity contribution in [2.75, 3.05) is 38.1 Å². The lowest BCUT2D eigenvalue weighted by Crippen LogP contribution is -2.37. The number of carbonyl (C=O) groups is 1. The molecule has 0 amide bonds. The van der Waals surface area contributed by atoms with Gasteiger partial charge in [-0.25, -0.2) is 14.8 Å². The van der Waals surface area contributed by atoms with Gasteiger partial charge in [0.05, 0.1) is 12.4 Å². The van der Waals surface area contributed by atoms with Crippen molar-refractivity contribution in [1.29, 1.82) is 0 Å². The fourth-order valence-electron chi connectivity index (χ4n) is 2.55. The minimum Gasteiger partial charge on any atom is -0.476 e. The number of nitrogens with zero attached hydrogens (tertiary/aromatic N) is 3. The van der Waals surface area contributed by atoms with E-state index in [9.17, 15) is 9.90 Å². The number of aliphatic hydroxyl groups excluding tert-OH is 1. The van der Waals surface area contributed by atoms with Gasteiger partial charge in [-0.05, 0) is 38.3 Å². The Kier molecular flexibility index (Phi) is 5.89. The van der Waals surface area contributed by atoms with Crippen molar-refractivity contribution in [3.05, 3.63) is 18.1 Å². The van der Waals surface area contributed by atoms with Crippen molar-refractivity contribution < 1.29 is 15.0 Å². The van der Waals surface area contributed by atoms with Crippen LogP contribution in [0.2, 0.25) is 0 Å². The number of aromatic nitrogens is 2. The maximum absolute atomic E-state index is 10.7. The van der Waals surface area contributed by atoms with Crippen LogP contribution >= 0.6 is 0 Å². The first kappa shape index (κ1) is 15.7. The zero-order valence-corrected chi connectivity index (χ0v) is 12.0. The molecule has 2 rings (SSSR count). The summed E-state index contributed by atoms with van der Waals surface area (Å²) in [6.45, 7) is 4.11. The molecule has 1 aromatic rings. The highest BCUT2D eigenvalue weighted by molar-refractivity contribution is 5.84. The number of nitrogens with one attached hydrogen (secondary N) is 1. The van der Waals surface area contributed by atoms with Crippen LogP contribution in [-0.4, -0.2) is 63.8 Å². The van der Waals surface area contributed by atoms with E-state index in [0.717, 1.165) is 45.4 Å². The third-order valence-corrected chi connectivity index (χ3v) is 3.69. The van der Waals surface area contributed by atoms with Gasteiger partial charge in [0.1, 0.15) is 5.82 Å². The molecule has 116 valence electrons. The summed E-state index contributed by atoms with van der Waals surface area (Å²) in [6.07, 6.45) is 5.94. The predicted molar refractivity (Wildman–Crippen MR) is 78.3 cm³/mol. The van der Waals surface area contributed by atoms with Gasteiger partial charge in [0.15, 0.2) is 5.69 Å². The maximum Gasteiger partial charge on any atom is 0.356 e. The standard InChI is InChI=1S/C14H22N4O3/c19-10-11-3-1-5-18(9-11)6-2-4-15-13-8-16-12(7-17-13)14(20)21/h7-8,11,19H,1-6,9-10H2,(H,15,17)(H,20,21). The van der Waals surface area contributed by atoms with Crippen molar-refractivity contribution >= 4 is 11.8 Å². The smallest absolute Gasteiger partial charge is 0.356 e. The van der Waals surface area contributed by atoms with Gasteiger partial charge in [0.2, 0.25) is 0 Å². The molecule has 1 aliphatic rings. The lowest BCUT2D eigenvalue weighted by atomic mass is 9.99. The Hall–Kier alpha value is -1.73. The maximum atomic E-state index is 10.7. The summed E-state index contributed by atoms with van der Waals surface area (Å²) in [5.41, 5.74) is -0.0519. The van der Waals surface area contributed by atoms with Gasteiger partial charge in [-0.15, -0.1) is 0 Å². The molecule has 2 heterocycles. The van der Waals surface area contributed by atoms with Crippen LogP contribution < -0.4 is 5.32 Å². The Labute approximate surface area is 124 Å². The quantitative estimate of drug-likeness (QED) is 0.636. The molecule has 1 saturated heterocycles. The second-order valence-corrected chi connectivity index (χ2v) is 5.36. The van der Waals surface area contributed by atoms with Crippen LogP contribution in [-0.2, 0) is 0 Å². The molecule has 0 bridgehead atoms. The number of carboxylic acid groups (broad SMARTS) is 1. The van der Waals surface area contributed by atoms with E-state index < -0.39 is 5.97 Å². The van der Waals surface area contributed by atoms with E-state index >= 15 is 0 Å². The van der Waals surface area contributed by atoms with E-state index in [1.54, 1.807) is 0 Å². The number of rotatable bonds is 7. The van der Waals surface area contributed by atoms with Gasteiger partial charge >= 0.3 is 5.97 Å². The third-order valence-electron chi connectivity index (χ3n) is 3.69. The summed E-state index contributed by atoms with van der Waals surface area (Å²) < 4.78 is 0. The molecule has 0 radical (unpaired) electrons. The monoisotopic (exact) mass is 294 g/mol. The summed E-state index contributed by atoms with van der Waals surface area (Å²) in [5.74, 6) is -0.0643. The van der Waals surface area contributed by atoms with Crippen molar-refractivity contribution in [2.24, 2.45) is 5.92 Å². The Balaban J connectivity index is 1.66. The molecular weight excluding hydrogens is 272 g/mol. The third kappa shape index (κ3) is 4.95. The number of aromatic carboxylic acids is 1. The average Bonchev–Trinajstić information content (AvgIpc) is 2.52. The summed E-state index contributed by atoms with van der Waals surface area (Å²) in [4.78, 5) is 20.8. The van der Waals surface area contributed by atoms with Gasteiger partial charge in [-0.1, -0.05) is 0 Å². The van der Waals surface area contributed by atoms with Gasteiger partial charge < -0.3 is 20.4 Å². The van der Waals surface area contributed by atoms with Crippen LogP contribution in [0.1, 0.15) is 29.8 Å². The SMILES string of the molecule is O=C(O)c1cnc(NCCCN2CCCC(CO)C2)cn1. The highest BCUT2D eigenvalue weighted by atomic mass is 16.4. The predicted octanol–water partition coefficient (Wildman–Crippen LogP) is 0.681. The molecule has 1 atom stereocenters. The van der Waals surface area contributed by atoms with E-state index in [-0.39, 0.29) is 12.3 Å². The number of likely N-dealkylation sites (tertiary alicyclic amines) is 1. The number of hydrogen-bond donors (Lipinski definition) is 3. The Morgan fingerprint density at radius 1 is 1.43 bits per heavy atom. The van der Waals surface area contributed by atoms with Crippen molar-refractivity contribution in [3.63, 3.8) is 0 Å². The highest BCUT2D eigenvalue weighted by Crippen LogP contribution is 2.15. The fourth-order valence-corrected chi connectivity index (χ4v) is 2.55. The van der Waals surface area contributed by atoms with Crippen LogP contribution in [0.4, 0.5) is 5.82 Å². The molecule has 0 saturated carbocycles. The second kappa shape index (κ2) is 7.90. The summed E-state index contributed by atoms with van der Waals surface area (Å²) >= 11 is 0. The second-order valence-electron chi connectivity index (χ2n) is 5.36. The summed E-state index contributed by atoms with van der Waals surface area (Å²) in [5, 5.41) is 21.1. The summed E-state index contributed by atoms with van der Waals surface area (Å²) in [6, 6.07) is 0. The molecule has 0 aliphatic carbocycles. The van der Waals surface area contributed by atoms with Crippen LogP contribution in [0.5, 0.6) is 0 Å². The Morgan fingerprint density at radius 3 is 2.95 bits per heavy atom. The minimum atomic E-state index is -1.07. The summed E-state index contributed by atoms with van der Waals surface area (Å²) in [7, 11) is 0. The number of hydrogen-bond acceptors (Lipinski definition) is 6. The molecule has 1 fully saturated rings. The highest BCUT2D eigenvalue weighted by Gasteiger charge is 2.18. The molecule has 7 heteroatoms. The van der Waals surface area contributed by atoms with Gasteiger partial charge in [0, 0.05) is 19.7 Å². The van der Waals surface area contributed by atoms with Crippen LogP contribution in [0, 0.1) is 5.92 Å². The topological polar surface area (TPSA) is 98.6 Å². The molecule has 1 unspecified atom stereocenters. The molecule has 0 spiro atoms. The van der Waals surface area contributed by atoms with Crippen molar-refractivity contribution in [2.45, 2.75) is 19.3 Å². The first-order valence-electron chi connectivity index (χ1n) is 7.31. The number of piperidine rings is 1. The molecular formula is C14H22N4O3. The van der Waals surface area contributed by atoms with Gasteiger partial charge in [-0.2, -0.15) is 0 Å². The van der Waals surface area contributed by atoms with Gasteiger partial charge in [0.25, 0.3) is 0 Å². The van der Waals surface area contributed by atoms with Crippen molar-refractivity contribution in [1.82, 2.24) is 14.9 Å². The first-order valence-corrected chi connectivity index (χ1v) is 7.31. The average molecular weight is 294 g/mol. The number of aliphatic hydroxyl groups is 1. The van der Waals surface area contributed by atoms with Gasteiger partial charge in [-0.3, -0.25) is 0 Å². The zero-order valence-electron chi connectivity index (χ0n) is 12.0. The van der Waals surface area contributed by atoms with E-state index in [1.165, 1.54) is 12.4 Å². The van der Waals surface area contributed by atoms with Crippen LogP contribution in [0.15, 0.2) is 12.4 Å². The van der Waals surface area contributed by atoms with E-state index in [4.69, 9.17) is 5.11 Å². The first-order chi connectivity index (χ1) is 10.2. The molecule has 1 aromatic heterocycles. The van der Waals surface area contributed by atoms with E-state index in [1.807, 2.05) is 0 Å². The normalized spacial score (nSPS) is 19.4. The van der Waals surface area contributed by atoms with E-state index in [0.29, 0.717) is 11.7 Å². The zero-order chi connectivity index (χ0) is 15.1. The lowest BCUT2D eigenvalue weighted by molar-refractivity contribution is 0.0690. The molecule has 7 nitrogen and oxygen atoms in total. The van der Waals surface area contributed by atoms with Crippen LogP contribution in [0.25, 0.3) is 0 Å². The Morgan fingerprint density at radius 2 is 2.29 bits per heavy atom. The minimum absolute atomic E-state index is 0.0519. The Bertz CT molecular complexity index is 452. The van der Waals surface area contributed by atoms with Crippen molar-refractivity contribution in [3.8, 4) is 0 Å². The largest absolute Gasteiger partial charge is 0.476 e. The fraction of sp³-hybridized carbons (Fsp3) is 0.643. The number of anilines is 1. The molecule has 21 heavy (non-hydrogen) atoms. The molecule has 3 N–H and O–H groups in total. The molecule has 1 aliphatic heterocycles. The van der Waals surface area contributed by atoms with E-state index in [2.05, 4.69) is 20.2 Å². The lowest BCUT2D eigenvalue weighted by Gasteiger charge is -2.31. The molecule has 0 aromatic carbocycles. The number of carboxylic acids is 1.